The van der Waals surface area contributed by atoms with E-state index in [0.717, 1.165) is 31.0 Å². The van der Waals surface area contributed by atoms with Crippen molar-refractivity contribution in [1.82, 2.24) is 20.2 Å². The highest BCUT2D eigenvalue weighted by atomic mass is 15.1. The number of fused-ring (bicyclic) bond motifs is 1. The molecule has 1 fully saturated rings. The maximum Gasteiger partial charge on any atom is 0.106 e. The number of aromatic nitrogens is 2. The number of benzene rings is 1. The minimum atomic E-state index is 0.657. The lowest BCUT2D eigenvalue weighted by Gasteiger charge is -2.23. The Kier molecular flexibility index (Phi) is 4.33. The van der Waals surface area contributed by atoms with Crippen LogP contribution in [0.5, 0.6) is 0 Å². The molecule has 0 saturated carbocycles. The first-order chi connectivity index (χ1) is 9.84. The van der Waals surface area contributed by atoms with Gasteiger partial charge in [-0.1, -0.05) is 18.6 Å². The molecule has 4 heteroatoms. The molecule has 0 bridgehead atoms. The van der Waals surface area contributed by atoms with E-state index < -0.39 is 0 Å². The van der Waals surface area contributed by atoms with Gasteiger partial charge in [-0.2, -0.15) is 0 Å². The van der Waals surface area contributed by atoms with E-state index in [-0.39, 0.29) is 0 Å². The Morgan fingerprint density at radius 3 is 3.10 bits per heavy atom. The molecule has 2 aromatic rings. The van der Waals surface area contributed by atoms with Gasteiger partial charge in [0.15, 0.2) is 0 Å². The SMILES string of the molecule is Cc1nc2ccccc2n1CCNCC1CCCCN1. The van der Waals surface area contributed by atoms with Gasteiger partial charge in [0, 0.05) is 25.7 Å². The van der Waals surface area contributed by atoms with Crippen LogP contribution in [0.4, 0.5) is 0 Å². The van der Waals surface area contributed by atoms with E-state index in [9.17, 15) is 0 Å². The molecule has 1 saturated heterocycles. The molecule has 0 aliphatic carbocycles. The maximum atomic E-state index is 4.60. The van der Waals surface area contributed by atoms with E-state index in [4.69, 9.17) is 0 Å². The molecule has 3 rings (SSSR count). The molecule has 0 spiro atoms. The van der Waals surface area contributed by atoms with Gasteiger partial charge < -0.3 is 15.2 Å². The Morgan fingerprint density at radius 2 is 2.25 bits per heavy atom. The van der Waals surface area contributed by atoms with E-state index in [2.05, 4.69) is 45.3 Å². The van der Waals surface area contributed by atoms with Crippen LogP contribution in [0.25, 0.3) is 11.0 Å². The van der Waals surface area contributed by atoms with Gasteiger partial charge in [0.25, 0.3) is 0 Å². The van der Waals surface area contributed by atoms with Crippen LogP contribution in [-0.2, 0) is 6.54 Å². The fraction of sp³-hybridized carbons (Fsp3) is 0.562. The molecule has 1 aromatic heterocycles. The minimum absolute atomic E-state index is 0.657. The van der Waals surface area contributed by atoms with Crippen LogP contribution in [0.2, 0.25) is 0 Å². The van der Waals surface area contributed by atoms with Gasteiger partial charge >= 0.3 is 0 Å². The normalized spacial score (nSPS) is 19.6. The second-order valence-electron chi connectivity index (χ2n) is 5.65. The predicted molar refractivity (Wildman–Crippen MR) is 83.0 cm³/mol. The zero-order valence-electron chi connectivity index (χ0n) is 12.2. The van der Waals surface area contributed by atoms with Crippen LogP contribution in [0.3, 0.4) is 0 Å². The summed E-state index contributed by atoms with van der Waals surface area (Å²) in [7, 11) is 0. The van der Waals surface area contributed by atoms with Crippen molar-refractivity contribution in [1.29, 1.82) is 0 Å². The van der Waals surface area contributed by atoms with E-state index >= 15 is 0 Å². The van der Waals surface area contributed by atoms with Gasteiger partial charge in [-0.25, -0.2) is 4.98 Å². The Balaban J connectivity index is 1.53. The number of hydrogen-bond donors (Lipinski definition) is 2. The van der Waals surface area contributed by atoms with Gasteiger partial charge in [-0.3, -0.25) is 0 Å². The Labute approximate surface area is 120 Å². The zero-order valence-corrected chi connectivity index (χ0v) is 12.2. The summed E-state index contributed by atoms with van der Waals surface area (Å²) in [5.41, 5.74) is 2.33. The molecule has 2 N–H and O–H groups in total. The molecule has 0 radical (unpaired) electrons. The van der Waals surface area contributed by atoms with Crippen molar-refractivity contribution in [2.24, 2.45) is 0 Å². The second-order valence-corrected chi connectivity index (χ2v) is 5.65. The average Bonchev–Trinajstić information content (AvgIpc) is 2.80. The lowest BCUT2D eigenvalue weighted by Crippen LogP contribution is -2.42. The Morgan fingerprint density at radius 1 is 1.35 bits per heavy atom. The lowest BCUT2D eigenvalue weighted by molar-refractivity contribution is 0.381. The molecule has 4 nitrogen and oxygen atoms in total. The largest absolute Gasteiger partial charge is 0.327 e. The first-order valence-corrected chi connectivity index (χ1v) is 7.70. The highest BCUT2D eigenvalue weighted by Gasteiger charge is 2.11. The van der Waals surface area contributed by atoms with Gasteiger partial charge in [0.05, 0.1) is 11.0 Å². The van der Waals surface area contributed by atoms with Crippen LogP contribution in [0.15, 0.2) is 24.3 Å². The van der Waals surface area contributed by atoms with Crippen LogP contribution in [0, 0.1) is 6.92 Å². The molecular formula is C16H24N4. The molecular weight excluding hydrogens is 248 g/mol. The minimum Gasteiger partial charge on any atom is -0.327 e. The van der Waals surface area contributed by atoms with Gasteiger partial charge in [-0.05, 0) is 38.4 Å². The highest BCUT2D eigenvalue weighted by molar-refractivity contribution is 5.75. The van der Waals surface area contributed by atoms with Gasteiger partial charge in [-0.15, -0.1) is 0 Å². The average molecular weight is 272 g/mol. The number of nitrogens with zero attached hydrogens (tertiary/aromatic N) is 2. The number of piperidine rings is 1. The molecule has 1 aromatic carbocycles. The fourth-order valence-corrected chi connectivity index (χ4v) is 3.04. The van der Waals surface area contributed by atoms with Crippen molar-refractivity contribution in [2.45, 2.75) is 38.8 Å². The Hall–Kier alpha value is -1.39. The number of rotatable bonds is 5. The van der Waals surface area contributed by atoms with E-state index in [1.54, 1.807) is 0 Å². The van der Waals surface area contributed by atoms with Crippen LogP contribution in [0.1, 0.15) is 25.1 Å². The first-order valence-electron chi connectivity index (χ1n) is 7.70. The quantitative estimate of drug-likeness (QED) is 0.819. The summed E-state index contributed by atoms with van der Waals surface area (Å²) in [5, 5.41) is 7.15. The van der Waals surface area contributed by atoms with Crippen molar-refractivity contribution < 1.29 is 0 Å². The fourth-order valence-electron chi connectivity index (χ4n) is 3.04. The molecule has 20 heavy (non-hydrogen) atoms. The van der Waals surface area contributed by atoms with Crippen molar-refractivity contribution >= 4 is 11.0 Å². The van der Waals surface area contributed by atoms with Gasteiger partial charge in [0.1, 0.15) is 5.82 Å². The van der Waals surface area contributed by atoms with E-state index in [1.807, 2.05) is 6.07 Å². The molecule has 0 amide bonds. The van der Waals surface area contributed by atoms with Crippen LogP contribution in [-0.4, -0.2) is 35.2 Å². The molecule has 1 aliphatic heterocycles. The number of para-hydroxylation sites is 2. The van der Waals surface area contributed by atoms with Gasteiger partial charge in [0.2, 0.25) is 0 Å². The molecule has 2 heterocycles. The molecule has 1 unspecified atom stereocenters. The zero-order chi connectivity index (χ0) is 13.8. The second kappa shape index (κ2) is 6.37. The topological polar surface area (TPSA) is 41.9 Å². The summed E-state index contributed by atoms with van der Waals surface area (Å²) in [6.45, 7) is 6.32. The van der Waals surface area contributed by atoms with Crippen molar-refractivity contribution in [3.05, 3.63) is 30.1 Å². The van der Waals surface area contributed by atoms with Crippen LogP contribution >= 0.6 is 0 Å². The third-order valence-electron chi connectivity index (χ3n) is 4.16. The maximum absolute atomic E-state index is 4.60. The number of hydrogen-bond acceptors (Lipinski definition) is 3. The smallest absolute Gasteiger partial charge is 0.106 e. The summed E-state index contributed by atoms with van der Waals surface area (Å²) in [5.74, 6) is 1.10. The highest BCUT2D eigenvalue weighted by Crippen LogP contribution is 2.14. The molecule has 108 valence electrons. The number of imidazole rings is 1. The van der Waals surface area contributed by atoms with Crippen molar-refractivity contribution in [3.63, 3.8) is 0 Å². The van der Waals surface area contributed by atoms with Crippen molar-refractivity contribution in [2.75, 3.05) is 19.6 Å². The summed E-state index contributed by atoms with van der Waals surface area (Å²) in [6, 6.07) is 9.02. The van der Waals surface area contributed by atoms with Crippen LogP contribution < -0.4 is 10.6 Å². The third-order valence-corrected chi connectivity index (χ3v) is 4.16. The molecule has 1 aliphatic rings. The lowest BCUT2D eigenvalue weighted by atomic mass is 10.1. The van der Waals surface area contributed by atoms with E-state index in [1.165, 1.54) is 31.3 Å². The first kappa shape index (κ1) is 13.6. The summed E-state index contributed by atoms with van der Waals surface area (Å²) < 4.78 is 2.30. The summed E-state index contributed by atoms with van der Waals surface area (Å²) in [6.07, 6.45) is 4.00. The van der Waals surface area contributed by atoms with Crippen molar-refractivity contribution in [3.8, 4) is 0 Å². The Bertz CT molecular complexity index is 555. The monoisotopic (exact) mass is 272 g/mol. The number of nitrogens with one attached hydrogen (secondary N) is 2. The summed E-state index contributed by atoms with van der Waals surface area (Å²) >= 11 is 0. The molecule has 1 atom stereocenters. The summed E-state index contributed by atoms with van der Waals surface area (Å²) in [4.78, 5) is 4.60. The van der Waals surface area contributed by atoms with E-state index in [0.29, 0.717) is 6.04 Å². The number of aryl methyl sites for hydroxylation is 1. The third kappa shape index (κ3) is 3.02. The predicted octanol–water partition coefficient (Wildman–Crippen LogP) is 2.08. The standard InChI is InChI=1S/C16H24N4/c1-13-19-15-7-2-3-8-16(15)20(13)11-10-17-12-14-6-4-5-9-18-14/h2-3,7-8,14,17-18H,4-6,9-12H2,1H3.